The van der Waals surface area contributed by atoms with E-state index in [1.165, 1.54) is 13.2 Å². The van der Waals surface area contributed by atoms with E-state index in [2.05, 4.69) is 0 Å². The fourth-order valence-corrected chi connectivity index (χ4v) is 3.35. The zero-order valence-corrected chi connectivity index (χ0v) is 13.7. The fraction of sp³-hybridized carbons (Fsp3) is 0.400. The van der Waals surface area contributed by atoms with Crippen LogP contribution in [0.25, 0.3) is 6.08 Å². The van der Waals surface area contributed by atoms with Gasteiger partial charge in [0.2, 0.25) is 0 Å². The molecule has 0 aliphatic rings. The summed E-state index contributed by atoms with van der Waals surface area (Å²) in [6.07, 6.45) is 1.48. The largest absolute Gasteiger partial charge is 0.465 e. The zero-order valence-electron chi connectivity index (χ0n) is 12.8. The summed E-state index contributed by atoms with van der Waals surface area (Å²) < 4.78 is 27.9. The Labute approximate surface area is 125 Å². The molecule has 0 fully saturated rings. The minimum Gasteiger partial charge on any atom is -0.465 e. The van der Waals surface area contributed by atoms with Crippen LogP contribution >= 0.6 is 7.60 Å². The lowest BCUT2D eigenvalue weighted by Crippen LogP contribution is -2.09. The molecule has 0 amide bonds. The van der Waals surface area contributed by atoms with Gasteiger partial charge in [0.05, 0.1) is 20.3 Å². The lowest BCUT2D eigenvalue weighted by molar-refractivity contribution is -0.135. The molecule has 0 unspecified atom stereocenters. The Hall–Kier alpha value is -1.42. The van der Waals surface area contributed by atoms with Crippen molar-refractivity contribution in [3.63, 3.8) is 0 Å². The van der Waals surface area contributed by atoms with Crippen molar-refractivity contribution < 1.29 is 23.1 Å². The first-order valence-electron chi connectivity index (χ1n) is 6.73. The molecule has 0 aromatic heterocycles. The van der Waals surface area contributed by atoms with E-state index in [4.69, 9.17) is 13.8 Å². The highest BCUT2D eigenvalue weighted by molar-refractivity contribution is 7.60. The van der Waals surface area contributed by atoms with E-state index in [9.17, 15) is 9.36 Å². The molecule has 0 radical (unpaired) electrons. The van der Waals surface area contributed by atoms with Crippen LogP contribution in [0.4, 0.5) is 0 Å². The van der Waals surface area contributed by atoms with E-state index >= 15 is 0 Å². The Bertz CT molecular complexity index is 538. The Morgan fingerprint density at radius 1 is 1.14 bits per heavy atom. The van der Waals surface area contributed by atoms with E-state index in [-0.39, 0.29) is 18.5 Å². The monoisotopic (exact) mass is 312 g/mol. The Balaban J connectivity index is 3.29. The van der Waals surface area contributed by atoms with Crippen LogP contribution in [0.2, 0.25) is 0 Å². The lowest BCUT2D eigenvalue weighted by Gasteiger charge is -2.18. The summed E-state index contributed by atoms with van der Waals surface area (Å²) in [5.41, 5.74) is 1.81. The number of hydrogen-bond acceptors (Lipinski definition) is 5. The molecule has 116 valence electrons. The van der Waals surface area contributed by atoms with E-state index in [0.717, 1.165) is 11.1 Å². The van der Waals surface area contributed by atoms with Crippen molar-refractivity contribution in [2.24, 2.45) is 0 Å². The number of carbonyl (C=O) groups is 1. The van der Waals surface area contributed by atoms with E-state index < -0.39 is 13.6 Å². The van der Waals surface area contributed by atoms with Crippen LogP contribution < -0.4 is 0 Å². The zero-order chi connectivity index (χ0) is 15.9. The number of methoxy groups -OCH3 is 1. The van der Waals surface area contributed by atoms with E-state index in [1.807, 2.05) is 31.2 Å². The van der Waals surface area contributed by atoms with Crippen LogP contribution in [-0.2, 0) is 23.1 Å². The summed E-state index contributed by atoms with van der Waals surface area (Å²) in [5, 5.41) is -0.0995. The smallest absolute Gasteiger partial charge is 0.368 e. The summed E-state index contributed by atoms with van der Waals surface area (Å²) in [6, 6.07) is 7.43. The van der Waals surface area contributed by atoms with Gasteiger partial charge in [-0.1, -0.05) is 29.8 Å². The molecule has 6 heteroatoms. The molecule has 1 aromatic rings. The van der Waals surface area contributed by atoms with Gasteiger partial charge >= 0.3 is 13.6 Å². The molecular weight excluding hydrogens is 291 g/mol. The van der Waals surface area contributed by atoms with Crippen LogP contribution in [0, 0.1) is 6.92 Å². The normalized spacial score (nSPS) is 12.3. The van der Waals surface area contributed by atoms with Crippen LogP contribution in [0.15, 0.2) is 29.6 Å². The van der Waals surface area contributed by atoms with Gasteiger partial charge in [0.1, 0.15) is 5.31 Å². The quantitative estimate of drug-likeness (QED) is 0.435. The maximum atomic E-state index is 12.8. The second-order valence-electron chi connectivity index (χ2n) is 4.26. The SMILES string of the molecule is CCOP(=O)(OCC)/C(=C/c1ccc(C)cc1)C(=O)OC. The molecule has 0 saturated carbocycles. The molecule has 0 heterocycles. The molecule has 0 saturated heterocycles. The molecule has 21 heavy (non-hydrogen) atoms. The highest BCUT2D eigenvalue weighted by Crippen LogP contribution is 2.56. The van der Waals surface area contributed by atoms with Crippen LogP contribution in [0.3, 0.4) is 0 Å². The fourth-order valence-electron chi connectivity index (χ4n) is 1.69. The minimum atomic E-state index is -3.69. The first-order valence-corrected chi connectivity index (χ1v) is 8.27. The highest BCUT2D eigenvalue weighted by Gasteiger charge is 2.35. The number of hydrogen-bond donors (Lipinski definition) is 0. The summed E-state index contributed by atoms with van der Waals surface area (Å²) in [6.45, 7) is 5.66. The van der Waals surface area contributed by atoms with Gasteiger partial charge in [0.25, 0.3) is 0 Å². The minimum absolute atomic E-state index is 0.0995. The Morgan fingerprint density at radius 2 is 1.67 bits per heavy atom. The molecule has 0 bridgehead atoms. The number of aryl methyl sites for hydroxylation is 1. The summed E-state index contributed by atoms with van der Waals surface area (Å²) in [5.74, 6) is -0.721. The van der Waals surface area contributed by atoms with Gasteiger partial charge in [-0.3, -0.25) is 4.57 Å². The number of benzene rings is 1. The molecular formula is C15H21O5P. The van der Waals surface area contributed by atoms with E-state index in [0.29, 0.717) is 0 Å². The van der Waals surface area contributed by atoms with Gasteiger partial charge in [-0.25, -0.2) is 4.79 Å². The molecule has 1 rings (SSSR count). The van der Waals surface area contributed by atoms with Gasteiger partial charge < -0.3 is 13.8 Å². The second-order valence-corrected chi connectivity index (χ2v) is 6.26. The second kappa shape index (κ2) is 8.13. The molecule has 5 nitrogen and oxygen atoms in total. The molecule has 0 spiro atoms. The van der Waals surface area contributed by atoms with Gasteiger partial charge in [-0.05, 0) is 32.4 Å². The number of rotatable bonds is 7. The van der Waals surface area contributed by atoms with Gasteiger partial charge in [-0.2, -0.15) is 0 Å². The third-order valence-corrected chi connectivity index (χ3v) is 4.77. The predicted octanol–water partition coefficient (Wildman–Crippen LogP) is 3.78. The number of ether oxygens (including phenoxy) is 1. The van der Waals surface area contributed by atoms with E-state index in [1.54, 1.807) is 13.8 Å². The number of esters is 1. The van der Waals surface area contributed by atoms with Crippen molar-refractivity contribution in [1.29, 1.82) is 0 Å². The average molecular weight is 312 g/mol. The third-order valence-electron chi connectivity index (χ3n) is 2.67. The topological polar surface area (TPSA) is 61.8 Å². The summed E-state index contributed by atoms with van der Waals surface area (Å²) >= 11 is 0. The van der Waals surface area contributed by atoms with Crippen LogP contribution in [0.5, 0.6) is 0 Å². The van der Waals surface area contributed by atoms with Crippen molar-refractivity contribution in [3.05, 3.63) is 40.7 Å². The predicted molar refractivity (Wildman–Crippen MR) is 82.0 cm³/mol. The molecule has 0 aliphatic carbocycles. The maximum Gasteiger partial charge on any atom is 0.368 e. The van der Waals surface area contributed by atoms with Gasteiger partial charge in [0, 0.05) is 0 Å². The van der Waals surface area contributed by atoms with Gasteiger partial charge in [-0.15, -0.1) is 0 Å². The summed E-state index contributed by atoms with van der Waals surface area (Å²) in [7, 11) is -2.46. The van der Waals surface area contributed by atoms with Gasteiger partial charge in [0.15, 0.2) is 0 Å². The Morgan fingerprint density at radius 3 is 2.10 bits per heavy atom. The van der Waals surface area contributed by atoms with Crippen LogP contribution in [-0.4, -0.2) is 26.3 Å². The number of carbonyl (C=O) groups excluding carboxylic acids is 1. The van der Waals surface area contributed by atoms with Crippen molar-refractivity contribution >= 4 is 19.6 Å². The third kappa shape index (κ3) is 4.81. The molecule has 0 atom stereocenters. The van der Waals surface area contributed by atoms with Crippen LogP contribution in [0.1, 0.15) is 25.0 Å². The average Bonchev–Trinajstić information content (AvgIpc) is 2.46. The van der Waals surface area contributed by atoms with Crippen molar-refractivity contribution in [1.82, 2.24) is 0 Å². The van der Waals surface area contributed by atoms with Crippen molar-refractivity contribution in [2.45, 2.75) is 20.8 Å². The Kier molecular flexibility index (Phi) is 6.82. The maximum absolute atomic E-state index is 12.8. The first-order chi connectivity index (χ1) is 9.96. The summed E-state index contributed by atoms with van der Waals surface area (Å²) in [4.78, 5) is 12.0. The first kappa shape index (κ1) is 17.6. The lowest BCUT2D eigenvalue weighted by atomic mass is 10.1. The standard InChI is InChI=1S/C15H21O5P/c1-5-19-21(17,20-6-2)14(15(16)18-4)11-13-9-7-12(3)8-10-13/h7-11H,5-6H2,1-4H3/b14-11+. The molecule has 0 N–H and O–H groups in total. The van der Waals surface area contributed by atoms with Crippen molar-refractivity contribution in [3.8, 4) is 0 Å². The molecule has 0 aliphatic heterocycles. The molecule has 1 aromatic carbocycles. The van der Waals surface area contributed by atoms with Crippen molar-refractivity contribution in [2.75, 3.05) is 20.3 Å². The highest BCUT2D eigenvalue weighted by atomic mass is 31.2.